The molecule has 0 aliphatic carbocycles. The maximum absolute atomic E-state index is 12.0. The quantitative estimate of drug-likeness (QED) is 0.894. The van der Waals surface area contributed by atoms with Gasteiger partial charge in [-0.25, -0.2) is 14.5 Å². The van der Waals surface area contributed by atoms with E-state index >= 15 is 0 Å². The third-order valence-electron chi connectivity index (χ3n) is 3.18. The number of hydrogen-bond donors (Lipinski definition) is 2. The lowest BCUT2D eigenvalue weighted by molar-refractivity contribution is 0.591. The van der Waals surface area contributed by atoms with Crippen molar-refractivity contribution >= 4 is 23.2 Å². The average Bonchev–Trinajstić information content (AvgIpc) is 2.95. The number of nitrogens with zero attached hydrogens (tertiary/aromatic N) is 2. The van der Waals surface area contributed by atoms with Crippen LogP contribution in [-0.4, -0.2) is 21.3 Å². The van der Waals surface area contributed by atoms with Crippen molar-refractivity contribution in [1.82, 2.24) is 20.1 Å². The van der Waals surface area contributed by atoms with Crippen molar-refractivity contribution in [3.63, 3.8) is 0 Å². The molecule has 1 saturated heterocycles. The molecule has 0 radical (unpaired) electrons. The molecule has 0 saturated carbocycles. The van der Waals surface area contributed by atoms with Gasteiger partial charge in [0.05, 0.1) is 11.7 Å². The molecule has 19 heavy (non-hydrogen) atoms. The Morgan fingerprint density at radius 3 is 2.63 bits per heavy atom. The van der Waals surface area contributed by atoms with Crippen molar-refractivity contribution in [1.29, 1.82) is 0 Å². The van der Waals surface area contributed by atoms with E-state index in [1.807, 2.05) is 0 Å². The van der Waals surface area contributed by atoms with E-state index in [1.165, 1.54) is 4.57 Å². The summed E-state index contributed by atoms with van der Waals surface area (Å²) in [5, 5.41) is 10.9. The predicted molar refractivity (Wildman–Crippen MR) is 74.2 cm³/mol. The van der Waals surface area contributed by atoms with Gasteiger partial charge in [-0.1, -0.05) is 23.2 Å². The monoisotopic (exact) mass is 298 g/mol. The van der Waals surface area contributed by atoms with Gasteiger partial charge in [-0.2, -0.15) is 5.10 Å². The van der Waals surface area contributed by atoms with Crippen molar-refractivity contribution in [3.8, 4) is 5.69 Å². The molecular formula is C12H12Cl2N4O. The van der Waals surface area contributed by atoms with Crippen molar-refractivity contribution in [2.24, 2.45) is 0 Å². The SMILES string of the molecule is O=c1[nH]nc(C2CCCN2)n1-c1cc(Cl)cc(Cl)c1. The van der Waals surface area contributed by atoms with Crippen LogP contribution in [0.3, 0.4) is 0 Å². The van der Waals surface area contributed by atoms with Crippen LogP contribution < -0.4 is 11.0 Å². The zero-order valence-electron chi connectivity index (χ0n) is 9.99. The lowest BCUT2D eigenvalue weighted by Gasteiger charge is -2.12. The number of rotatable bonds is 2. The number of hydrogen-bond acceptors (Lipinski definition) is 3. The lowest BCUT2D eigenvalue weighted by atomic mass is 10.2. The minimum Gasteiger partial charge on any atom is -0.307 e. The molecule has 1 aromatic heterocycles. The maximum atomic E-state index is 12.0. The molecule has 1 aliphatic heterocycles. The number of halogens is 2. The molecular weight excluding hydrogens is 287 g/mol. The highest BCUT2D eigenvalue weighted by atomic mass is 35.5. The van der Waals surface area contributed by atoms with Gasteiger partial charge >= 0.3 is 5.69 Å². The fourth-order valence-corrected chi connectivity index (χ4v) is 2.88. The first-order chi connectivity index (χ1) is 9.15. The van der Waals surface area contributed by atoms with E-state index in [2.05, 4.69) is 15.5 Å². The summed E-state index contributed by atoms with van der Waals surface area (Å²) in [6, 6.07) is 5.10. The van der Waals surface area contributed by atoms with Crippen LogP contribution in [0, 0.1) is 0 Å². The second kappa shape index (κ2) is 5.00. The number of aromatic amines is 1. The number of aromatic nitrogens is 3. The molecule has 0 bridgehead atoms. The Morgan fingerprint density at radius 1 is 1.26 bits per heavy atom. The maximum Gasteiger partial charge on any atom is 0.347 e. The summed E-state index contributed by atoms with van der Waals surface area (Å²) in [6.07, 6.45) is 2.03. The molecule has 1 atom stereocenters. The first kappa shape index (κ1) is 12.7. The Labute approximate surface area is 119 Å². The van der Waals surface area contributed by atoms with E-state index < -0.39 is 0 Å². The Kier molecular flexibility index (Phi) is 3.35. The molecule has 2 heterocycles. The molecule has 0 spiro atoms. The molecule has 1 aliphatic rings. The fraction of sp³-hybridized carbons (Fsp3) is 0.333. The van der Waals surface area contributed by atoms with Crippen LogP contribution in [0.5, 0.6) is 0 Å². The van der Waals surface area contributed by atoms with Gasteiger partial charge in [0.25, 0.3) is 0 Å². The molecule has 100 valence electrons. The summed E-state index contributed by atoms with van der Waals surface area (Å²) in [6.45, 7) is 0.933. The lowest BCUT2D eigenvalue weighted by Crippen LogP contribution is -2.22. The molecule has 7 heteroatoms. The number of H-pyrrole nitrogens is 1. The molecule has 0 amide bonds. The summed E-state index contributed by atoms with van der Waals surface area (Å²) in [5.41, 5.74) is 0.335. The Morgan fingerprint density at radius 2 is 2.00 bits per heavy atom. The molecule has 1 fully saturated rings. The zero-order chi connectivity index (χ0) is 13.4. The summed E-state index contributed by atoms with van der Waals surface area (Å²) >= 11 is 12.0. The van der Waals surface area contributed by atoms with E-state index in [4.69, 9.17) is 23.2 Å². The van der Waals surface area contributed by atoms with Gasteiger partial charge in [0.2, 0.25) is 0 Å². The highest BCUT2D eigenvalue weighted by molar-refractivity contribution is 6.34. The van der Waals surface area contributed by atoms with Crippen LogP contribution >= 0.6 is 23.2 Å². The van der Waals surface area contributed by atoms with Crippen LogP contribution in [0.4, 0.5) is 0 Å². The van der Waals surface area contributed by atoms with Gasteiger partial charge in [0, 0.05) is 10.0 Å². The molecule has 2 aromatic rings. The zero-order valence-corrected chi connectivity index (χ0v) is 11.5. The summed E-state index contributed by atoms with van der Waals surface area (Å²) < 4.78 is 1.51. The molecule has 1 aromatic carbocycles. The van der Waals surface area contributed by atoms with Crippen LogP contribution in [0.1, 0.15) is 24.7 Å². The van der Waals surface area contributed by atoms with Crippen molar-refractivity contribution in [2.75, 3.05) is 6.54 Å². The van der Waals surface area contributed by atoms with E-state index in [1.54, 1.807) is 18.2 Å². The Hall–Kier alpha value is -1.30. The molecule has 5 nitrogen and oxygen atoms in total. The summed E-state index contributed by atoms with van der Waals surface area (Å²) in [4.78, 5) is 12.0. The normalized spacial score (nSPS) is 18.9. The third-order valence-corrected chi connectivity index (χ3v) is 3.61. The summed E-state index contributed by atoms with van der Waals surface area (Å²) in [7, 11) is 0. The topological polar surface area (TPSA) is 62.7 Å². The van der Waals surface area contributed by atoms with Gasteiger partial charge in [0.15, 0.2) is 5.82 Å². The molecule has 2 N–H and O–H groups in total. The molecule has 3 rings (SSSR count). The van der Waals surface area contributed by atoms with E-state index in [-0.39, 0.29) is 11.7 Å². The highest BCUT2D eigenvalue weighted by Gasteiger charge is 2.23. The van der Waals surface area contributed by atoms with Crippen molar-refractivity contribution < 1.29 is 0 Å². The average molecular weight is 299 g/mol. The smallest absolute Gasteiger partial charge is 0.307 e. The van der Waals surface area contributed by atoms with Crippen LogP contribution in [-0.2, 0) is 0 Å². The minimum absolute atomic E-state index is 0.0803. The summed E-state index contributed by atoms with van der Waals surface area (Å²) in [5.74, 6) is 0.667. The Bertz CT molecular complexity index is 638. The second-order valence-corrected chi connectivity index (χ2v) is 5.37. The van der Waals surface area contributed by atoms with Crippen LogP contribution in [0.25, 0.3) is 5.69 Å². The van der Waals surface area contributed by atoms with E-state index in [0.717, 1.165) is 19.4 Å². The van der Waals surface area contributed by atoms with Crippen molar-refractivity contribution in [2.45, 2.75) is 18.9 Å². The van der Waals surface area contributed by atoms with Gasteiger partial charge < -0.3 is 5.32 Å². The predicted octanol–water partition coefficient (Wildman–Crippen LogP) is 2.29. The third kappa shape index (κ3) is 2.41. The largest absolute Gasteiger partial charge is 0.347 e. The Balaban J connectivity index is 2.13. The second-order valence-electron chi connectivity index (χ2n) is 4.50. The minimum atomic E-state index is -0.290. The highest BCUT2D eigenvalue weighted by Crippen LogP contribution is 2.25. The number of nitrogens with one attached hydrogen (secondary N) is 2. The molecule has 1 unspecified atom stereocenters. The van der Waals surface area contributed by atoms with Crippen molar-refractivity contribution in [3.05, 3.63) is 44.6 Å². The van der Waals surface area contributed by atoms with Crippen LogP contribution in [0.15, 0.2) is 23.0 Å². The van der Waals surface area contributed by atoms with Crippen LogP contribution in [0.2, 0.25) is 10.0 Å². The number of benzene rings is 1. The van der Waals surface area contributed by atoms with Gasteiger partial charge in [-0.3, -0.25) is 0 Å². The van der Waals surface area contributed by atoms with Gasteiger partial charge in [0.1, 0.15) is 0 Å². The van der Waals surface area contributed by atoms with E-state index in [9.17, 15) is 4.79 Å². The first-order valence-corrected chi connectivity index (χ1v) is 6.78. The first-order valence-electron chi connectivity index (χ1n) is 6.02. The van der Waals surface area contributed by atoms with Gasteiger partial charge in [-0.15, -0.1) is 0 Å². The standard InChI is InChI=1S/C12H12Cl2N4O/c13-7-4-8(14)6-9(5-7)18-11(16-17-12(18)19)10-2-1-3-15-10/h4-6,10,15H,1-3H2,(H,17,19). The fourth-order valence-electron chi connectivity index (χ4n) is 2.37. The van der Waals surface area contributed by atoms with Gasteiger partial charge in [-0.05, 0) is 37.6 Å². The van der Waals surface area contributed by atoms with E-state index in [0.29, 0.717) is 21.6 Å².